The second-order valence-corrected chi connectivity index (χ2v) is 10.7. The average Bonchev–Trinajstić information content (AvgIpc) is 3.23. The summed E-state index contributed by atoms with van der Waals surface area (Å²) in [5.74, 6) is 2.07. The first kappa shape index (κ1) is 18.6. The van der Waals surface area contributed by atoms with Crippen molar-refractivity contribution in [2.45, 2.75) is 31.7 Å². The summed E-state index contributed by atoms with van der Waals surface area (Å²) in [6.45, 7) is 4.15. The third kappa shape index (κ3) is 3.62. The summed E-state index contributed by atoms with van der Waals surface area (Å²) < 4.78 is 24.3. The van der Waals surface area contributed by atoms with Crippen molar-refractivity contribution in [3.8, 4) is 5.82 Å². The maximum atomic E-state index is 12.4. The van der Waals surface area contributed by atoms with Crippen LogP contribution in [0.4, 0.5) is 11.5 Å². The molecule has 1 aliphatic carbocycles. The van der Waals surface area contributed by atoms with Gasteiger partial charge in [0.2, 0.25) is 0 Å². The molecule has 2 aliphatic rings. The molecular formula is C19H25N7O2S. The fraction of sp³-hybridized carbons (Fsp3) is 0.526. The zero-order valence-corrected chi connectivity index (χ0v) is 17.6. The molecule has 0 spiro atoms. The van der Waals surface area contributed by atoms with Crippen LogP contribution in [-0.4, -0.2) is 67.5 Å². The molecule has 10 heteroatoms. The quantitative estimate of drug-likeness (QED) is 0.703. The Bertz CT molecular complexity index is 1180. The Morgan fingerprint density at radius 1 is 1.28 bits per heavy atom. The van der Waals surface area contributed by atoms with Gasteiger partial charge in [-0.05, 0) is 19.8 Å². The van der Waals surface area contributed by atoms with Crippen LogP contribution < -0.4 is 4.90 Å². The zero-order valence-electron chi connectivity index (χ0n) is 16.8. The molecule has 1 N–H and O–H groups in total. The highest BCUT2D eigenvalue weighted by Crippen LogP contribution is 2.39. The van der Waals surface area contributed by atoms with Crippen LogP contribution in [0.25, 0.3) is 16.9 Å². The second kappa shape index (κ2) is 6.81. The minimum atomic E-state index is -2.34. The van der Waals surface area contributed by atoms with Crippen LogP contribution in [0.1, 0.15) is 31.4 Å². The summed E-state index contributed by atoms with van der Waals surface area (Å²) in [4.78, 5) is 7.11. The Kier molecular flexibility index (Phi) is 4.36. The van der Waals surface area contributed by atoms with Crippen LogP contribution in [0.15, 0.2) is 22.7 Å². The number of anilines is 1. The molecule has 1 aliphatic heterocycles. The minimum absolute atomic E-state index is 0.192. The van der Waals surface area contributed by atoms with Gasteiger partial charge in [0, 0.05) is 52.5 Å². The Hall–Kier alpha value is -2.46. The smallest absolute Gasteiger partial charge is 0.177 e. The molecule has 1 saturated carbocycles. The molecule has 2 fully saturated rings. The number of nitrogens with zero attached hydrogens (tertiary/aromatic N) is 6. The van der Waals surface area contributed by atoms with E-state index in [0.717, 1.165) is 23.4 Å². The highest BCUT2D eigenvalue weighted by atomic mass is 32.2. The van der Waals surface area contributed by atoms with E-state index in [1.165, 1.54) is 12.8 Å². The fourth-order valence-electron chi connectivity index (χ4n) is 3.70. The highest BCUT2D eigenvalue weighted by Gasteiger charge is 2.27. The van der Waals surface area contributed by atoms with E-state index in [2.05, 4.69) is 31.5 Å². The van der Waals surface area contributed by atoms with Crippen molar-refractivity contribution in [2.75, 3.05) is 37.2 Å². The Labute approximate surface area is 169 Å². The van der Waals surface area contributed by atoms with Gasteiger partial charge in [0.15, 0.2) is 11.5 Å². The van der Waals surface area contributed by atoms with E-state index in [9.17, 15) is 4.21 Å². The van der Waals surface area contributed by atoms with Crippen molar-refractivity contribution in [3.63, 3.8) is 0 Å². The van der Waals surface area contributed by atoms with Gasteiger partial charge < -0.3 is 9.64 Å². The van der Waals surface area contributed by atoms with Gasteiger partial charge in [0.25, 0.3) is 0 Å². The number of morpholine rings is 1. The Balaban J connectivity index is 1.68. The molecule has 3 aromatic heterocycles. The maximum absolute atomic E-state index is 12.4. The average molecular weight is 416 g/mol. The number of aromatic amines is 1. The third-order valence-electron chi connectivity index (χ3n) is 5.30. The van der Waals surface area contributed by atoms with E-state index in [1.54, 1.807) is 23.4 Å². The van der Waals surface area contributed by atoms with Gasteiger partial charge in [-0.2, -0.15) is 19.2 Å². The summed E-state index contributed by atoms with van der Waals surface area (Å²) in [7, 11) is -2.34. The Morgan fingerprint density at radius 3 is 2.83 bits per heavy atom. The van der Waals surface area contributed by atoms with E-state index >= 15 is 0 Å². The molecule has 0 amide bonds. The summed E-state index contributed by atoms with van der Waals surface area (Å²) >= 11 is 0. The third-order valence-corrected chi connectivity index (χ3v) is 5.94. The van der Waals surface area contributed by atoms with Gasteiger partial charge in [0.05, 0.1) is 36.5 Å². The summed E-state index contributed by atoms with van der Waals surface area (Å²) in [6, 6.07) is 4.13. The summed E-state index contributed by atoms with van der Waals surface area (Å²) in [6.07, 6.45) is 7.39. The van der Waals surface area contributed by atoms with Crippen LogP contribution in [0.5, 0.6) is 0 Å². The number of nitrogens with one attached hydrogen (secondary N) is 1. The van der Waals surface area contributed by atoms with Gasteiger partial charge in [-0.1, -0.05) is 0 Å². The van der Waals surface area contributed by atoms with Gasteiger partial charge in [-0.25, -0.2) is 9.19 Å². The first-order chi connectivity index (χ1) is 13.9. The number of ether oxygens (including phenoxy) is 1. The molecule has 9 nitrogen and oxygen atoms in total. The lowest BCUT2D eigenvalue weighted by Gasteiger charge is -2.34. The van der Waals surface area contributed by atoms with Crippen molar-refractivity contribution in [3.05, 3.63) is 24.0 Å². The molecule has 29 heavy (non-hydrogen) atoms. The van der Waals surface area contributed by atoms with E-state index < -0.39 is 9.73 Å². The van der Waals surface area contributed by atoms with E-state index in [4.69, 9.17) is 9.72 Å². The molecule has 0 bridgehead atoms. The standard InChI is InChI=1S/C19H25N7O2S/c1-12-11-28-7-6-25(12)17-9-16(24-29(2,3)27)14-10-20-26(19(14)21-17)18-8-15(22-23-18)13-4-5-13/h8-10,12-13H,4-7,11H2,1-3H3,(H,22,23)/t12-/m1/s1. The normalized spacial score (nSPS) is 20.4. The largest absolute Gasteiger partial charge is 0.377 e. The Morgan fingerprint density at radius 2 is 2.10 bits per heavy atom. The number of hydrogen-bond donors (Lipinski definition) is 1. The fourth-order valence-corrected chi connectivity index (χ4v) is 4.33. The molecule has 0 unspecified atom stereocenters. The van der Waals surface area contributed by atoms with Gasteiger partial charge in [-0.3, -0.25) is 5.10 Å². The molecule has 154 valence electrons. The number of rotatable bonds is 4. The van der Waals surface area contributed by atoms with Gasteiger partial charge in [-0.15, -0.1) is 0 Å². The van der Waals surface area contributed by atoms with Crippen LogP contribution in [0.2, 0.25) is 0 Å². The number of aromatic nitrogens is 5. The minimum Gasteiger partial charge on any atom is -0.377 e. The molecule has 1 atom stereocenters. The van der Waals surface area contributed by atoms with Crippen LogP contribution in [-0.2, 0) is 14.5 Å². The lowest BCUT2D eigenvalue weighted by Crippen LogP contribution is -2.44. The molecule has 3 aromatic rings. The summed E-state index contributed by atoms with van der Waals surface area (Å²) in [5.41, 5.74) is 2.44. The first-order valence-corrected chi connectivity index (χ1v) is 12.2. The predicted octanol–water partition coefficient (Wildman–Crippen LogP) is 2.61. The van der Waals surface area contributed by atoms with E-state index in [1.807, 2.05) is 12.1 Å². The predicted molar refractivity (Wildman–Crippen MR) is 113 cm³/mol. The second-order valence-electron chi connectivity index (χ2n) is 8.14. The van der Waals surface area contributed by atoms with Crippen molar-refractivity contribution in [1.82, 2.24) is 25.0 Å². The van der Waals surface area contributed by atoms with E-state index in [0.29, 0.717) is 36.3 Å². The van der Waals surface area contributed by atoms with Crippen molar-refractivity contribution >= 4 is 32.3 Å². The zero-order chi connectivity index (χ0) is 20.2. The number of pyridine rings is 1. The molecule has 0 radical (unpaired) electrons. The number of hydrogen-bond acceptors (Lipinski definition) is 7. The van der Waals surface area contributed by atoms with Gasteiger partial charge >= 0.3 is 0 Å². The molecule has 4 heterocycles. The lowest BCUT2D eigenvalue weighted by molar-refractivity contribution is 0.0985. The molecular weight excluding hydrogens is 390 g/mol. The number of H-pyrrole nitrogens is 1. The lowest BCUT2D eigenvalue weighted by atomic mass is 10.2. The van der Waals surface area contributed by atoms with Crippen molar-refractivity contribution in [2.24, 2.45) is 4.36 Å². The molecule has 0 aromatic carbocycles. The van der Waals surface area contributed by atoms with Crippen LogP contribution >= 0.6 is 0 Å². The monoisotopic (exact) mass is 415 g/mol. The highest BCUT2D eigenvalue weighted by molar-refractivity contribution is 7.92. The molecule has 5 rings (SSSR count). The number of fused-ring (bicyclic) bond motifs is 1. The van der Waals surface area contributed by atoms with Crippen molar-refractivity contribution < 1.29 is 8.95 Å². The maximum Gasteiger partial charge on any atom is 0.177 e. The van der Waals surface area contributed by atoms with Crippen LogP contribution in [0.3, 0.4) is 0 Å². The topological polar surface area (TPSA) is 101 Å². The first-order valence-electron chi connectivity index (χ1n) is 9.85. The van der Waals surface area contributed by atoms with Crippen LogP contribution in [0, 0.1) is 0 Å². The van der Waals surface area contributed by atoms with E-state index in [-0.39, 0.29) is 6.04 Å². The summed E-state index contributed by atoms with van der Waals surface area (Å²) in [5, 5.41) is 12.9. The van der Waals surface area contributed by atoms with Crippen molar-refractivity contribution in [1.29, 1.82) is 0 Å². The molecule has 1 saturated heterocycles. The van der Waals surface area contributed by atoms with Gasteiger partial charge in [0.1, 0.15) is 5.82 Å². The SMILES string of the molecule is C[C@@H]1COCCN1c1cc(N=S(C)(C)=O)c2cnn(-c3cc(C4CC4)[nH]n3)c2n1.